The first-order chi connectivity index (χ1) is 26.7. The molecule has 294 valence electrons. The number of amides is 2. The van der Waals surface area contributed by atoms with E-state index in [4.69, 9.17) is 0 Å². The summed E-state index contributed by atoms with van der Waals surface area (Å²) in [6, 6.07) is 19.2. The van der Waals surface area contributed by atoms with Crippen LogP contribution in [0, 0.1) is 23.0 Å². The Morgan fingerprint density at radius 1 is 0.946 bits per heavy atom. The van der Waals surface area contributed by atoms with Gasteiger partial charge in [0.15, 0.2) is 0 Å². The maximum atomic E-state index is 14.5. The van der Waals surface area contributed by atoms with Gasteiger partial charge in [-0.2, -0.15) is 18.4 Å². The van der Waals surface area contributed by atoms with Gasteiger partial charge in [0.05, 0.1) is 29.3 Å². The quantitative estimate of drug-likeness (QED) is 0.105. The number of aliphatic hydroxyl groups excluding tert-OH is 1. The van der Waals surface area contributed by atoms with Gasteiger partial charge in [0, 0.05) is 41.9 Å². The molecule has 0 radical (unpaired) electrons. The number of halogens is 5. The number of rotatable bonds is 15. The minimum absolute atomic E-state index is 0.0258. The SMILES string of the molecule is CCCC(CCC)N1CCc2c(C(=O)N[C@@H](Cc3cc(F)cc(F)c3)[C@H](O)CNC3(c4cccc(C(F)(F)F)c4)CC3)cc(-c3cccc(C#N)c3)cc2C1=O. The zero-order chi connectivity index (χ0) is 40.2. The Morgan fingerprint density at radius 2 is 1.64 bits per heavy atom. The zero-order valence-corrected chi connectivity index (χ0v) is 31.4. The maximum Gasteiger partial charge on any atom is 0.416 e. The summed E-state index contributed by atoms with van der Waals surface area (Å²) in [7, 11) is 0. The topological polar surface area (TPSA) is 105 Å². The fourth-order valence-electron chi connectivity index (χ4n) is 7.87. The molecule has 2 atom stereocenters. The van der Waals surface area contributed by atoms with E-state index < -0.39 is 47.0 Å². The minimum atomic E-state index is -4.54. The van der Waals surface area contributed by atoms with E-state index in [1.807, 2.05) is 4.90 Å². The predicted molar refractivity (Wildman–Crippen MR) is 203 cm³/mol. The Labute approximate surface area is 323 Å². The van der Waals surface area contributed by atoms with Crippen LogP contribution in [-0.4, -0.2) is 53.1 Å². The summed E-state index contributed by atoms with van der Waals surface area (Å²) in [5.41, 5.74) is 1.58. The highest BCUT2D eigenvalue weighted by Crippen LogP contribution is 2.46. The lowest BCUT2D eigenvalue weighted by molar-refractivity contribution is -0.137. The molecule has 1 aliphatic heterocycles. The highest BCUT2D eigenvalue weighted by Gasteiger charge is 2.45. The molecule has 56 heavy (non-hydrogen) atoms. The number of nitrogens with zero attached hydrogens (tertiary/aromatic N) is 2. The van der Waals surface area contributed by atoms with E-state index in [9.17, 15) is 41.9 Å². The fraction of sp³-hybridized carbons (Fsp3) is 0.386. The highest BCUT2D eigenvalue weighted by atomic mass is 19.4. The molecule has 2 aliphatic rings. The third-order valence-electron chi connectivity index (χ3n) is 10.9. The van der Waals surface area contributed by atoms with Crippen LogP contribution in [0.15, 0.2) is 78.9 Å². The first-order valence-corrected chi connectivity index (χ1v) is 19.1. The molecule has 1 fully saturated rings. The molecule has 0 aromatic heterocycles. The van der Waals surface area contributed by atoms with Crippen molar-refractivity contribution in [1.29, 1.82) is 5.26 Å². The van der Waals surface area contributed by atoms with Crippen molar-refractivity contribution in [3.8, 4) is 17.2 Å². The lowest BCUT2D eigenvalue weighted by Crippen LogP contribution is -2.50. The van der Waals surface area contributed by atoms with Crippen LogP contribution < -0.4 is 10.6 Å². The van der Waals surface area contributed by atoms with E-state index in [0.29, 0.717) is 65.3 Å². The van der Waals surface area contributed by atoms with E-state index in [0.717, 1.165) is 49.9 Å². The molecule has 2 amide bonds. The van der Waals surface area contributed by atoms with E-state index in [-0.39, 0.29) is 36.0 Å². The fourth-order valence-corrected chi connectivity index (χ4v) is 7.87. The Bertz CT molecular complexity index is 2100. The molecule has 1 saturated carbocycles. The first kappa shape index (κ1) is 40.5. The average Bonchev–Trinajstić information content (AvgIpc) is 3.97. The van der Waals surface area contributed by atoms with Crippen LogP contribution in [0.2, 0.25) is 0 Å². The molecule has 0 spiro atoms. The van der Waals surface area contributed by atoms with Crippen LogP contribution >= 0.6 is 0 Å². The van der Waals surface area contributed by atoms with Crippen molar-refractivity contribution >= 4 is 11.8 Å². The third-order valence-corrected chi connectivity index (χ3v) is 10.9. The van der Waals surface area contributed by atoms with Gasteiger partial charge in [-0.1, -0.05) is 51.0 Å². The van der Waals surface area contributed by atoms with Gasteiger partial charge in [-0.3, -0.25) is 9.59 Å². The molecule has 7 nitrogen and oxygen atoms in total. The van der Waals surface area contributed by atoms with Crippen molar-refractivity contribution in [2.24, 2.45) is 0 Å². The molecular formula is C44H45F5N4O3. The number of alkyl halides is 3. The Hall–Kier alpha value is -5.12. The largest absolute Gasteiger partial charge is 0.416 e. The molecule has 6 rings (SSSR count). The molecule has 4 aromatic rings. The molecule has 1 aliphatic carbocycles. The van der Waals surface area contributed by atoms with Gasteiger partial charge in [0.25, 0.3) is 11.8 Å². The van der Waals surface area contributed by atoms with Gasteiger partial charge in [-0.25, -0.2) is 8.78 Å². The summed E-state index contributed by atoms with van der Waals surface area (Å²) < 4.78 is 69.3. The number of carbonyl (C=O) groups excluding carboxylic acids is 2. The number of nitrogens with one attached hydrogen (secondary N) is 2. The summed E-state index contributed by atoms with van der Waals surface area (Å²) in [6.07, 6.45) is -1.22. The van der Waals surface area contributed by atoms with Crippen LogP contribution in [-0.2, 0) is 24.6 Å². The van der Waals surface area contributed by atoms with Crippen LogP contribution in [0.3, 0.4) is 0 Å². The molecule has 0 unspecified atom stereocenters. The zero-order valence-electron chi connectivity index (χ0n) is 31.4. The molecule has 0 bridgehead atoms. The lowest BCUT2D eigenvalue weighted by Gasteiger charge is -2.36. The van der Waals surface area contributed by atoms with E-state index in [1.165, 1.54) is 6.07 Å². The second-order valence-corrected chi connectivity index (χ2v) is 14.9. The second kappa shape index (κ2) is 16.9. The molecule has 3 N–H and O–H groups in total. The number of carbonyl (C=O) groups is 2. The first-order valence-electron chi connectivity index (χ1n) is 19.1. The lowest BCUT2D eigenvalue weighted by atomic mass is 9.87. The van der Waals surface area contributed by atoms with Gasteiger partial charge < -0.3 is 20.6 Å². The van der Waals surface area contributed by atoms with E-state index in [2.05, 4.69) is 30.6 Å². The molecule has 12 heteroatoms. The summed E-state index contributed by atoms with van der Waals surface area (Å²) in [5.74, 6) is -2.51. The summed E-state index contributed by atoms with van der Waals surface area (Å²) in [6.45, 7) is 4.38. The third kappa shape index (κ3) is 9.11. The minimum Gasteiger partial charge on any atom is -0.390 e. The van der Waals surface area contributed by atoms with Crippen LogP contribution in [0.1, 0.15) is 101 Å². The van der Waals surface area contributed by atoms with Gasteiger partial charge in [0.2, 0.25) is 0 Å². The van der Waals surface area contributed by atoms with Gasteiger partial charge in [-0.15, -0.1) is 0 Å². The molecule has 1 heterocycles. The van der Waals surface area contributed by atoms with Crippen molar-refractivity contribution in [3.05, 3.63) is 129 Å². The van der Waals surface area contributed by atoms with Crippen molar-refractivity contribution in [1.82, 2.24) is 15.5 Å². The van der Waals surface area contributed by atoms with E-state index >= 15 is 0 Å². The molecular weight excluding hydrogens is 727 g/mol. The summed E-state index contributed by atoms with van der Waals surface area (Å²) in [4.78, 5) is 30.6. The number of nitriles is 1. The van der Waals surface area contributed by atoms with Crippen LogP contribution in [0.4, 0.5) is 22.0 Å². The second-order valence-electron chi connectivity index (χ2n) is 14.9. The Kier molecular flexibility index (Phi) is 12.3. The smallest absolute Gasteiger partial charge is 0.390 e. The summed E-state index contributed by atoms with van der Waals surface area (Å²) in [5, 5.41) is 27.4. The van der Waals surface area contributed by atoms with Crippen molar-refractivity contribution in [3.63, 3.8) is 0 Å². The molecule has 4 aromatic carbocycles. The van der Waals surface area contributed by atoms with Gasteiger partial charge >= 0.3 is 6.18 Å². The number of hydrogen-bond acceptors (Lipinski definition) is 5. The average molecular weight is 773 g/mol. The Balaban J connectivity index is 1.34. The van der Waals surface area contributed by atoms with E-state index in [1.54, 1.807) is 42.5 Å². The Morgan fingerprint density at radius 3 is 2.29 bits per heavy atom. The predicted octanol–water partition coefficient (Wildman–Crippen LogP) is 8.47. The molecule has 0 saturated heterocycles. The van der Waals surface area contributed by atoms with Crippen molar-refractivity contribution < 1.29 is 36.6 Å². The normalized spacial score (nSPS) is 15.9. The van der Waals surface area contributed by atoms with Crippen LogP contribution in [0.5, 0.6) is 0 Å². The standard InChI is InChI=1S/C44H45F5N4O3/c1-3-7-35(8-4-2)53-16-13-36-37(21-30(22-38(36)42(53)56)29-10-5-9-27(17-29)25-50)41(55)52-39(20-28-18-33(45)24-34(46)19-28)40(54)26-51-43(14-15-43)31-11-6-12-32(23-31)44(47,48)49/h5-6,9-12,17-19,21-24,35,39-40,51,54H,3-4,7-8,13-16,20,26H2,1-2H3,(H,52,55)/t39-,40+/m0/s1. The number of hydrogen-bond donors (Lipinski definition) is 3. The number of fused-ring (bicyclic) bond motifs is 1. The van der Waals surface area contributed by atoms with Crippen molar-refractivity contribution in [2.75, 3.05) is 13.1 Å². The van der Waals surface area contributed by atoms with Gasteiger partial charge in [-0.05, 0) is 115 Å². The number of benzene rings is 4. The van der Waals surface area contributed by atoms with Crippen molar-refractivity contribution in [2.45, 2.75) is 95.1 Å². The number of aliphatic hydroxyl groups is 1. The highest BCUT2D eigenvalue weighted by molar-refractivity contribution is 6.05. The maximum absolute atomic E-state index is 14.5. The monoisotopic (exact) mass is 772 g/mol. The van der Waals surface area contributed by atoms with Gasteiger partial charge in [0.1, 0.15) is 11.6 Å². The summed E-state index contributed by atoms with van der Waals surface area (Å²) >= 11 is 0. The van der Waals surface area contributed by atoms with Crippen LogP contribution in [0.25, 0.3) is 11.1 Å².